The Bertz CT molecular complexity index is 790. The van der Waals surface area contributed by atoms with E-state index >= 15 is 0 Å². The molecule has 0 aromatic rings. The van der Waals surface area contributed by atoms with Crippen molar-refractivity contribution < 1.29 is 33.4 Å². The second kappa shape index (κ2) is 16.7. The molecule has 0 aromatic carbocycles. The number of esters is 1. The van der Waals surface area contributed by atoms with Gasteiger partial charge in [0.05, 0.1) is 30.9 Å². The fourth-order valence-electron chi connectivity index (χ4n) is 3.99. The largest absolute Gasteiger partial charge is 0.462 e. The maximum Gasteiger partial charge on any atom is 0.407 e. The summed E-state index contributed by atoms with van der Waals surface area (Å²) < 4.78 is 17.2. The number of hydrogen-bond donors (Lipinski definition) is 2. The Morgan fingerprint density at radius 1 is 1.03 bits per heavy atom. The number of alkyl carbamates (subject to hydrolysis) is 1. The molecule has 2 amide bonds. The van der Waals surface area contributed by atoms with Crippen LogP contribution in [0, 0.1) is 0 Å². The topological polar surface area (TPSA) is 120 Å². The van der Waals surface area contributed by atoms with Gasteiger partial charge in [-0.15, -0.1) is 0 Å². The van der Waals surface area contributed by atoms with Crippen LogP contribution in [0.1, 0.15) is 93.4 Å². The zero-order valence-corrected chi connectivity index (χ0v) is 24.3. The van der Waals surface area contributed by atoms with E-state index in [0.717, 1.165) is 44.3 Å². The van der Waals surface area contributed by atoms with Crippen molar-refractivity contribution in [2.75, 3.05) is 12.4 Å². The highest BCUT2D eigenvalue weighted by atomic mass is 32.2. The van der Waals surface area contributed by atoms with Crippen molar-refractivity contribution in [3.63, 3.8) is 0 Å². The highest BCUT2D eigenvalue weighted by molar-refractivity contribution is 8.13. The SMILES string of the molecule is CCC(CC)OC1C=C(C(=O)OCCCCCCSC(C)=O)CC(NC(=O)OC(C)(C)C)C1NC(C)=O. The molecule has 0 heterocycles. The lowest BCUT2D eigenvalue weighted by Crippen LogP contribution is -2.60. The minimum atomic E-state index is -0.698. The summed E-state index contributed by atoms with van der Waals surface area (Å²) in [7, 11) is 0. The standard InChI is InChI=1S/C27H46N2O7S/c1-8-21(9-2)35-23-17-20(25(32)34-14-12-10-11-13-15-37-19(4)31)16-22(24(23)28-18(3)30)29-26(33)36-27(5,6)7/h17,21-24H,8-16H2,1-7H3,(H,28,30)(H,29,33). The van der Waals surface area contributed by atoms with E-state index in [1.54, 1.807) is 33.8 Å². The number of ether oxygens (including phenoxy) is 3. The van der Waals surface area contributed by atoms with E-state index in [-0.39, 0.29) is 30.2 Å². The normalized spacial score (nSPS) is 19.7. The number of carbonyl (C=O) groups excluding carboxylic acids is 4. The number of unbranched alkanes of at least 4 members (excludes halogenated alkanes) is 3. The van der Waals surface area contributed by atoms with Crippen molar-refractivity contribution in [2.24, 2.45) is 0 Å². The first-order valence-corrected chi connectivity index (χ1v) is 14.3. The number of carbonyl (C=O) groups is 4. The lowest BCUT2D eigenvalue weighted by atomic mass is 9.87. The van der Waals surface area contributed by atoms with Crippen LogP contribution in [0.5, 0.6) is 0 Å². The lowest BCUT2D eigenvalue weighted by molar-refractivity contribution is -0.140. The number of rotatable bonds is 14. The molecule has 1 rings (SSSR count). The highest BCUT2D eigenvalue weighted by Gasteiger charge is 2.39. The summed E-state index contributed by atoms with van der Waals surface area (Å²) in [5.74, 6) is 0.0873. The van der Waals surface area contributed by atoms with Crippen LogP contribution >= 0.6 is 11.8 Å². The van der Waals surface area contributed by atoms with Gasteiger partial charge in [0.25, 0.3) is 0 Å². The third-order valence-corrected chi connectivity index (χ3v) is 6.66. The van der Waals surface area contributed by atoms with E-state index < -0.39 is 35.9 Å². The van der Waals surface area contributed by atoms with Gasteiger partial charge < -0.3 is 24.8 Å². The summed E-state index contributed by atoms with van der Waals surface area (Å²) in [5, 5.41) is 5.85. The lowest BCUT2D eigenvalue weighted by Gasteiger charge is -2.38. The van der Waals surface area contributed by atoms with Gasteiger partial charge in [0.1, 0.15) is 5.60 Å². The number of nitrogens with one attached hydrogen (secondary N) is 2. The van der Waals surface area contributed by atoms with Crippen molar-refractivity contribution in [3.8, 4) is 0 Å². The first-order chi connectivity index (χ1) is 17.4. The van der Waals surface area contributed by atoms with E-state index in [1.807, 2.05) is 13.8 Å². The second-order valence-corrected chi connectivity index (χ2v) is 11.6. The molecule has 1 aliphatic carbocycles. The van der Waals surface area contributed by atoms with Crippen molar-refractivity contribution in [1.82, 2.24) is 10.6 Å². The van der Waals surface area contributed by atoms with Crippen molar-refractivity contribution in [1.29, 1.82) is 0 Å². The van der Waals surface area contributed by atoms with Crippen LogP contribution in [0.15, 0.2) is 11.6 Å². The Kier molecular flexibility index (Phi) is 14.9. The van der Waals surface area contributed by atoms with Crippen LogP contribution in [-0.4, -0.2) is 65.3 Å². The number of thioether (sulfide) groups is 1. The molecule has 0 fully saturated rings. The summed E-state index contributed by atoms with van der Waals surface area (Å²) in [5.41, 5.74) is -0.299. The van der Waals surface area contributed by atoms with E-state index in [2.05, 4.69) is 10.6 Å². The summed E-state index contributed by atoms with van der Waals surface area (Å²) in [4.78, 5) is 48.5. The second-order valence-electron chi connectivity index (χ2n) is 10.3. The average molecular weight is 543 g/mol. The predicted octanol–water partition coefficient (Wildman–Crippen LogP) is 4.67. The molecule has 0 bridgehead atoms. The van der Waals surface area contributed by atoms with E-state index in [4.69, 9.17) is 14.2 Å². The molecule has 9 nitrogen and oxygen atoms in total. The predicted molar refractivity (Wildman–Crippen MR) is 145 cm³/mol. The molecular formula is C27H46N2O7S. The molecule has 0 saturated carbocycles. The van der Waals surface area contributed by atoms with Crippen LogP contribution in [0.2, 0.25) is 0 Å². The van der Waals surface area contributed by atoms with E-state index in [9.17, 15) is 19.2 Å². The van der Waals surface area contributed by atoms with E-state index in [0.29, 0.717) is 5.57 Å². The van der Waals surface area contributed by atoms with Gasteiger partial charge in [0.15, 0.2) is 5.12 Å². The summed E-state index contributed by atoms with van der Waals surface area (Å²) in [6.45, 7) is 12.6. The molecule has 1 aliphatic rings. The molecule has 0 aliphatic heterocycles. The van der Waals surface area contributed by atoms with E-state index in [1.165, 1.54) is 18.7 Å². The smallest absolute Gasteiger partial charge is 0.407 e. The number of amides is 2. The van der Waals surface area contributed by atoms with Crippen molar-refractivity contribution >= 4 is 34.8 Å². The molecule has 0 radical (unpaired) electrons. The van der Waals surface area contributed by atoms with Gasteiger partial charge in [-0.25, -0.2) is 9.59 Å². The molecule has 212 valence electrons. The summed E-state index contributed by atoms with van der Waals surface area (Å²) in [6, 6.07) is -1.19. The van der Waals surface area contributed by atoms with Gasteiger partial charge in [-0.05, 0) is 52.5 Å². The quantitative estimate of drug-likeness (QED) is 0.240. The fourth-order valence-corrected chi connectivity index (χ4v) is 4.63. The summed E-state index contributed by atoms with van der Waals surface area (Å²) >= 11 is 1.33. The van der Waals surface area contributed by atoms with Gasteiger partial charge in [-0.1, -0.05) is 38.5 Å². The monoisotopic (exact) mass is 542 g/mol. The maximum absolute atomic E-state index is 12.9. The Morgan fingerprint density at radius 3 is 2.24 bits per heavy atom. The first-order valence-electron chi connectivity index (χ1n) is 13.3. The Hall–Kier alpha value is -2.07. The molecular weight excluding hydrogens is 496 g/mol. The summed E-state index contributed by atoms with van der Waals surface area (Å²) in [6.07, 6.45) is 5.64. The van der Waals surface area contributed by atoms with Crippen LogP contribution < -0.4 is 10.6 Å². The zero-order chi connectivity index (χ0) is 28.0. The third kappa shape index (κ3) is 13.9. The minimum absolute atomic E-state index is 0.0729. The van der Waals surface area contributed by atoms with Crippen molar-refractivity contribution in [2.45, 2.75) is 123 Å². The molecule has 10 heteroatoms. The van der Waals surface area contributed by atoms with Gasteiger partial charge in [-0.2, -0.15) is 0 Å². The first kappa shape index (κ1) is 33.0. The molecule has 3 unspecified atom stereocenters. The zero-order valence-electron chi connectivity index (χ0n) is 23.5. The van der Waals surface area contributed by atoms with Gasteiger partial charge in [-0.3, -0.25) is 9.59 Å². The highest BCUT2D eigenvalue weighted by Crippen LogP contribution is 2.26. The molecule has 37 heavy (non-hydrogen) atoms. The Morgan fingerprint density at radius 2 is 1.68 bits per heavy atom. The Labute approximate surface area is 226 Å². The van der Waals surface area contributed by atoms with Crippen LogP contribution in [0.25, 0.3) is 0 Å². The minimum Gasteiger partial charge on any atom is -0.462 e. The van der Waals surface area contributed by atoms with Gasteiger partial charge in [0, 0.05) is 31.6 Å². The van der Waals surface area contributed by atoms with Crippen LogP contribution in [0.4, 0.5) is 4.79 Å². The molecule has 0 aromatic heterocycles. The van der Waals surface area contributed by atoms with Gasteiger partial charge >= 0.3 is 12.1 Å². The Balaban J connectivity index is 2.92. The molecule has 0 spiro atoms. The third-order valence-electron chi connectivity index (χ3n) is 5.76. The maximum atomic E-state index is 12.9. The van der Waals surface area contributed by atoms with Crippen LogP contribution in [-0.2, 0) is 28.6 Å². The number of hydrogen-bond acceptors (Lipinski definition) is 8. The van der Waals surface area contributed by atoms with Crippen LogP contribution in [0.3, 0.4) is 0 Å². The van der Waals surface area contributed by atoms with Crippen molar-refractivity contribution in [3.05, 3.63) is 11.6 Å². The molecule has 3 atom stereocenters. The average Bonchev–Trinajstić information content (AvgIpc) is 2.78. The molecule has 2 N–H and O–H groups in total. The fraction of sp³-hybridized carbons (Fsp3) is 0.778. The van der Waals surface area contributed by atoms with Gasteiger partial charge in [0.2, 0.25) is 5.91 Å². The molecule has 0 saturated heterocycles.